The van der Waals surface area contributed by atoms with Crippen LogP contribution in [0.2, 0.25) is 0 Å². The minimum atomic E-state index is -0.558. The highest BCUT2D eigenvalue weighted by Gasteiger charge is 2.14. The van der Waals surface area contributed by atoms with Gasteiger partial charge in [0, 0.05) is 30.4 Å². The normalized spacial score (nSPS) is 11.3. The van der Waals surface area contributed by atoms with Gasteiger partial charge in [-0.05, 0) is 29.8 Å². The van der Waals surface area contributed by atoms with Crippen molar-refractivity contribution in [2.75, 3.05) is 6.67 Å². The van der Waals surface area contributed by atoms with E-state index in [9.17, 15) is 8.78 Å². The van der Waals surface area contributed by atoms with Gasteiger partial charge in [0.2, 0.25) is 0 Å². The first-order valence-electron chi connectivity index (χ1n) is 7.86. The Labute approximate surface area is 142 Å². The molecule has 0 aliphatic carbocycles. The fourth-order valence-corrected chi connectivity index (χ4v) is 2.91. The van der Waals surface area contributed by atoms with Crippen molar-refractivity contribution in [1.29, 1.82) is 0 Å². The van der Waals surface area contributed by atoms with E-state index in [1.54, 1.807) is 35.6 Å². The Morgan fingerprint density at radius 3 is 2.80 bits per heavy atom. The first kappa shape index (κ1) is 15.4. The number of aryl methyl sites for hydroxylation is 1. The molecule has 5 nitrogen and oxygen atoms in total. The molecule has 0 saturated carbocycles. The van der Waals surface area contributed by atoms with Crippen LogP contribution >= 0.6 is 0 Å². The number of benzene rings is 1. The zero-order valence-corrected chi connectivity index (χ0v) is 13.3. The van der Waals surface area contributed by atoms with Gasteiger partial charge < -0.3 is 9.13 Å². The van der Waals surface area contributed by atoms with Gasteiger partial charge in [0.15, 0.2) is 0 Å². The maximum Gasteiger partial charge on any atom is 0.142 e. The monoisotopic (exact) mass is 338 g/mol. The van der Waals surface area contributed by atoms with E-state index >= 15 is 0 Å². The van der Waals surface area contributed by atoms with Crippen LogP contribution in [0.1, 0.15) is 5.56 Å². The third kappa shape index (κ3) is 3.00. The molecule has 4 rings (SSSR count). The first-order chi connectivity index (χ1) is 12.2. The van der Waals surface area contributed by atoms with Crippen LogP contribution in [0.25, 0.3) is 22.4 Å². The standard InChI is InChI=1S/C18H15F2N5/c19-3-5-25-17-8-15(20)1-2-16(17)23-18(25)14-7-13(9-22-10-14)11-24-6-4-21-12-24/h1-2,4,6-10,12H,3,5,11H2/i19-1. The second kappa shape index (κ2) is 6.43. The smallest absolute Gasteiger partial charge is 0.142 e. The zero-order valence-electron chi connectivity index (χ0n) is 13.3. The SMILES string of the molecule is Fc1ccc2nc(-c3cncc(Cn4ccnc4)c3)n(CC[18F])c2c1. The summed E-state index contributed by atoms with van der Waals surface area (Å²) in [5, 5.41) is 0. The molecule has 0 saturated heterocycles. The molecule has 0 spiro atoms. The lowest BCUT2D eigenvalue weighted by Gasteiger charge is -2.08. The van der Waals surface area contributed by atoms with Crippen molar-refractivity contribution < 1.29 is 8.78 Å². The lowest BCUT2D eigenvalue weighted by atomic mass is 10.2. The van der Waals surface area contributed by atoms with Gasteiger partial charge >= 0.3 is 0 Å². The number of alkyl halides is 1. The predicted molar refractivity (Wildman–Crippen MR) is 90.2 cm³/mol. The van der Waals surface area contributed by atoms with Gasteiger partial charge in [-0.1, -0.05) is 0 Å². The number of hydrogen-bond donors (Lipinski definition) is 0. The van der Waals surface area contributed by atoms with Gasteiger partial charge in [-0.2, -0.15) is 0 Å². The summed E-state index contributed by atoms with van der Waals surface area (Å²) in [5.41, 5.74) is 2.95. The topological polar surface area (TPSA) is 48.5 Å². The van der Waals surface area contributed by atoms with Crippen LogP contribution < -0.4 is 0 Å². The molecule has 0 bridgehead atoms. The van der Waals surface area contributed by atoms with Crippen molar-refractivity contribution in [3.05, 3.63) is 66.8 Å². The third-order valence-electron chi connectivity index (χ3n) is 4.00. The number of rotatable bonds is 5. The second-order valence-electron chi connectivity index (χ2n) is 5.73. The summed E-state index contributed by atoms with van der Waals surface area (Å²) in [6.45, 7) is 0.178. The van der Waals surface area contributed by atoms with Crippen LogP contribution in [-0.2, 0) is 13.1 Å². The molecule has 4 aromatic rings. The molecule has 0 radical (unpaired) electrons. The van der Waals surface area contributed by atoms with Gasteiger partial charge in [0.25, 0.3) is 0 Å². The number of hydrogen-bond acceptors (Lipinski definition) is 3. The number of halogens is 2. The summed E-state index contributed by atoms with van der Waals surface area (Å²) in [4.78, 5) is 12.9. The van der Waals surface area contributed by atoms with E-state index < -0.39 is 6.67 Å². The number of aromatic nitrogens is 5. The molecule has 3 heterocycles. The van der Waals surface area contributed by atoms with Gasteiger partial charge in [-0.3, -0.25) is 4.98 Å². The summed E-state index contributed by atoms with van der Waals surface area (Å²) in [5.74, 6) is 0.212. The van der Waals surface area contributed by atoms with Crippen molar-refractivity contribution >= 4 is 11.0 Å². The van der Waals surface area contributed by atoms with Gasteiger partial charge in [-0.15, -0.1) is 0 Å². The average Bonchev–Trinajstić information content (AvgIpc) is 3.24. The van der Waals surface area contributed by atoms with Gasteiger partial charge in [0.1, 0.15) is 18.3 Å². The maximum atomic E-state index is 13.6. The van der Waals surface area contributed by atoms with Crippen molar-refractivity contribution in [1.82, 2.24) is 24.1 Å². The van der Waals surface area contributed by atoms with Crippen molar-refractivity contribution in [2.24, 2.45) is 0 Å². The van der Waals surface area contributed by atoms with Crippen molar-refractivity contribution in [3.63, 3.8) is 0 Å². The lowest BCUT2D eigenvalue weighted by Crippen LogP contribution is -2.03. The van der Waals surface area contributed by atoms with E-state index in [-0.39, 0.29) is 12.4 Å². The predicted octanol–water partition coefficient (Wildman–Crippen LogP) is 3.45. The van der Waals surface area contributed by atoms with Crippen LogP contribution in [0.4, 0.5) is 8.78 Å². The van der Waals surface area contributed by atoms with Gasteiger partial charge in [0.05, 0.1) is 30.5 Å². The molecule has 1 aromatic carbocycles. The Bertz CT molecular complexity index is 1010. The zero-order chi connectivity index (χ0) is 17.2. The molecular weight excluding hydrogens is 323 g/mol. The summed E-state index contributed by atoms with van der Waals surface area (Å²) in [7, 11) is 0. The molecule has 0 fully saturated rings. The summed E-state index contributed by atoms with van der Waals surface area (Å²) < 4.78 is 30.3. The van der Waals surface area contributed by atoms with Crippen LogP contribution in [0, 0.1) is 5.82 Å². The first-order valence-corrected chi connectivity index (χ1v) is 7.86. The van der Waals surface area contributed by atoms with Crippen LogP contribution in [0.3, 0.4) is 0 Å². The van der Waals surface area contributed by atoms with Crippen molar-refractivity contribution in [3.8, 4) is 11.4 Å². The average molecular weight is 338 g/mol. The van der Waals surface area contributed by atoms with E-state index in [4.69, 9.17) is 0 Å². The molecule has 0 unspecified atom stereocenters. The van der Waals surface area contributed by atoms with E-state index in [0.717, 1.165) is 11.1 Å². The highest BCUT2D eigenvalue weighted by molar-refractivity contribution is 5.80. The molecule has 0 aliphatic heterocycles. The minimum absolute atomic E-state index is 0.112. The van der Waals surface area contributed by atoms with Gasteiger partial charge in [-0.25, -0.2) is 18.7 Å². The Kier molecular flexibility index (Phi) is 3.97. The summed E-state index contributed by atoms with van der Waals surface area (Å²) in [6.07, 6.45) is 8.77. The molecular formula is C18H15F2N5. The number of imidazole rings is 2. The molecule has 0 aliphatic rings. The van der Waals surface area contributed by atoms with E-state index in [1.165, 1.54) is 12.1 Å². The Balaban J connectivity index is 1.79. The van der Waals surface area contributed by atoms with Crippen LogP contribution in [0.15, 0.2) is 55.4 Å². The van der Waals surface area contributed by atoms with E-state index in [2.05, 4.69) is 15.0 Å². The van der Waals surface area contributed by atoms with E-state index in [0.29, 0.717) is 23.4 Å². The highest BCUT2D eigenvalue weighted by Crippen LogP contribution is 2.26. The fourth-order valence-electron chi connectivity index (χ4n) is 2.91. The van der Waals surface area contributed by atoms with Crippen LogP contribution in [-0.4, -0.2) is 30.8 Å². The maximum absolute atomic E-state index is 13.6. The molecule has 7 heteroatoms. The summed E-state index contributed by atoms with van der Waals surface area (Å²) >= 11 is 0. The Morgan fingerprint density at radius 1 is 1.08 bits per heavy atom. The van der Waals surface area contributed by atoms with Crippen molar-refractivity contribution in [2.45, 2.75) is 13.1 Å². The fraction of sp³-hybridized carbons (Fsp3) is 0.167. The molecule has 0 atom stereocenters. The van der Waals surface area contributed by atoms with Crippen LogP contribution in [0.5, 0.6) is 0 Å². The number of pyridine rings is 1. The molecule has 3 aromatic heterocycles. The Morgan fingerprint density at radius 2 is 2.00 bits per heavy atom. The molecule has 0 amide bonds. The molecule has 126 valence electrons. The molecule has 25 heavy (non-hydrogen) atoms. The quantitative estimate of drug-likeness (QED) is 0.560. The summed E-state index contributed by atoms with van der Waals surface area (Å²) in [6, 6.07) is 6.29. The number of fused-ring (bicyclic) bond motifs is 1. The molecule has 0 N–H and O–H groups in total. The lowest BCUT2D eigenvalue weighted by molar-refractivity contribution is 0.451. The third-order valence-corrected chi connectivity index (χ3v) is 4.00. The highest BCUT2D eigenvalue weighted by atomic mass is 19.1. The Hall–Kier alpha value is -3.09. The largest absolute Gasteiger partial charge is 0.333 e. The van der Waals surface area contributed by atoms with E-state index in [1.807, 2.05) is 16.8 Å². The second-order valence-corrected chi connectivity index (χ2v) is 5.73. The minimum Gasteiger partial charge on any atom is -0.333 e. The number of nitrogens with zero attached hydrogens (tertiary/aromatic N) is 5.